The smallest absolute Gasteiger partial charge is 0.128 e. The molecule has 128 valence electrons. The van der Waals surface area contributed by atoms with E-state index in [0.29, 0.717) is 12.1 Å². The highest BCUT2D eigenvalue weighted by Crippen LogP contribution is 2.34. The summed E-state index contributed by atoms with van der Waals surface area (Å²) in [6, 6.07) is 17.5. The Hall–Kier alpha value is -2.46. The lowest BCUT2D eigenvalue weighted by molar-refractivity contribution is 0.216. The molecule has 4 heteroatoms. The second-order valence-corrected chi connectivity index (χ2v) is 6.50. The van der Waals surface area contributed by atoms with Gasteiger partial charge in [0.1, 0.15) is 11.6 Å². The number of hydrogen-bond acceptors (Lipinski definition) is 1. The molecule has 0 N–H and O–H groups in total. The molecule has 1 aliphatic heterocycles. The van der Waals surface area contributed by atoms with Crippen LogP contribution in [-0.2, 0) is 13.1 Å². The highest BCUT2D eigenvalue weighted by molar-refractivity contribution is 5.31. The van der Waals surface area contributed by atoms with Crippen molar-refractivity contribution in [2.24, 2.45) is 0 Å². The summed E-state index contributed by atoms with van der Waals surface area (Å²) in [7, 11) is 0. The van der Waals surface area contributed by atoms with Crippen LogP contribution in [0.2, 0.25) is 0 Å². The number of halogens is 2. The summed E-state index contributed by atoms with van der Waals surface area (Å²) in [5, 5.41) is 0. The summed E-state index contributed by atoms with van der Waals surface area (Å²) < 4.78 is 30.0. The van der Waals surface area contributed by atoms with E-state index in [2.05, 4.69) is 21.7 Å². The molecular formula is C21H20F2N2. The topological polar surface area (TPSA) is 8.17 Å². The van der Waals surface area contributed by atoms with Gasteiger partial charge in [-0.3, -0.25) is 4.90 Å². The maximum atomic E-state index is 14.6. The van der Waals surface area contributed by atoms with Crippen molar-refractivity contribution in [1.82, 2.24) is 9.47 Å². The highest BCUT2D eigenvalue weighted by Gasteiger charge is 2.29. The Kier molecular flexibility index (Phi) is 4.36. The SMILES string of the molecule is Fc1ccc(CN2CCCn3cccc3C2c2ccccc2F)cc1. The van der Waals surface area contributed by atoms with E-state index >= 15 is 0 Å². The molecular weight excluding hydrogens is 318 g/mol. The van der Waals surface area contributed by atoms with Crippen molar-refractivity contribution in [1.29, 1.82) is 0 Å². The lowest BCUT2D eigenvalue weighted by Crippen LogP contribution is -2.30. The average molecular weight is 338 g/mol. The van der Waals surface area contributed by atoms with E-state index in [4.69, 9.17) is 0 Å². The molecule has 0 spiro atoms. The largest absolute Gasteiger partial charge is 0.350 e. The van der Waals surface area contributed by atoms with Crippen molar-refractivity contribution in [3.05, 3.63) is 95.3 Å². The van der Waals surface area contributed by atoms with Crippen molar-refractivity contribution < 1.29 is 8.78 Å². The summed E-state index contributed by atoms with van der Waals surface area (Å²) in [5.74, 6) is -0.426. The zero-order chi connectivity index (χ0) is 17.2. The number of fused-ring (bicyclic) bond motifs is 1. The molecule has 2 nitrogen and oxygen atoms in total. The Morgan fingerprint density at radius 2 is 1.68 bits per heavy atom. The molecule has 0 aliphatic carbocycles. The Labute approximate surface area is 146 Å². The van der Waals surface area contributed by atoms with Gasteiger partial charge < -0.3 is 4.57 Å². The zero-order valence-corrected chi connectivity index (χ0v) is 13.9. The highest BCUT2D eigenvalue weighted by atomic mass is 19.1. The molecule has 0 bridgehead atoms. The molecule has 1 aliphatic rings. The van der Waals surface area contributed by atoms with E-state index in [9.17, 15) is 8.78 Å². The molecule has 1 unspecified atom stereocenters. The van der Waals surface area contributed by atoms with Crippen molar-refractivity contribution in [2.45, 2.75) is 25.6 Å². The Bertz CT molecular complexity index is 854. The molecule has 0 fully saturated rings. The van der Waals surface area contributed by atoms with Gasteiger partial charge in [0.15, 0.2) is 0 Å². The number of hydrogen-bond donors (Lipinski definition) is 0. The van der Waals surface area contributed by atoms with Gasteiger partial charge in [-0.15, -0.1) is 0 Å². The number of aromatic nitrogens is 1. The van der Waals surface area contributed by atoms with Crippen LogP contribution in [0.1, 0.15) is 29.3 Å². The first-order valence-electron chi connectivity index (χ1n) is 8.60. The fraction of sp³-hybridized carbons (Fsp3) is 0.238. The van der Waals surface area contributed by atoms with Crippen LogP contribution >= 0.6 is 0 Å². The van der Waals surface area contributed by atoms with Crippen LogP contribution in [0.5, 0.6) is 0 Å². The molecule has 0 saturated heterocycles. The average Bonchev–Trinajstić information content (AvgIpc) is 3.00. The maximum Gasteiger partial charge on any atom is 0.128 e. The van der Waals surface area contributed by atoms with Crippen LogP contribution < -0.4 is 0 Å². The summed E-state index contributed by atoms with van der Waals surface area (Å²) in [4.78, 5) is 2.28. The fourth-order valence-corrected chi connectivity index (χ4v) is 3.69. The van der Waals surface area contributed by atoms with E-state index < -0.39 is 0 Å². The van der Waals surface area contributed by atoms with E-state index in [1.165, 1.54) is 18.2 Å². The van der Waals surface area contributed by atoms with Crippen LogP contribution in [0.3, 0.4) is 0 Å². The molecule has 4 rings (SSSR count). The molecule has 0 amide bonds. The van der Waals surface area contributed by atoms with Gasteiger partial charge in [0.25, 0.3) is 0 Å². The van der Waals surface area contributed by atoms with Gasteiger partial charge in [-0.25, -0.2) is 8.78 Å². The standard InChI is InChI=1S/C21H20F2N2/c22-17-10-8-16(9-11-17)15-25-14-4-13-24-12-3-7-20(24)21(25)18-5-1-2-6-19(18)23/h1-3,5-12,21H,4,13-15H2. The first-order chi connectivity index (χ1) is 12.2. The van der Waals surface area contributed by atoms with Crippen LogP contribution in [0.4, 0.5) is 8.78 Å². The Morgan fingerprint density at radius 1 is 0.880 bits per heavy atom. The summed E-state index contributed by atoms with van der Waals surface area (Å²) >= 11 is 0. The number of nitrogens with zero attached hydrogens (tertiary/aromatic N) is 2. The number of rotatable bonds is 3. The minimum Gasteiger partial charge on any atom is -0.350 e. The first-order valence-corrected chi connectivity index (χ1v) is 8.60. The molecule has 3 aromatic rings. The van der Waals surface area contributed by atoms with E-state index in [-0.39, 0.29) is 17.7 Å². The van der Waals surface area contributed by atoms with E-state index in [1.807, 2.05) is 18.2 Å². The molecule has 25 heavy (non-hydrogen) atoms. The third-order valence-corrected chi connectivity index (χ3v) is 4.85. The monoisotopic (exact) mass is 338 g/mol. The predicted molar refractivity (Wildman–Crippen MR) is 94.1 cm³/mol. The van der Waals surface area contributed by atoms with E-state index in [0.717, 1.165) is 30.8 Å². The van der Waals surface area contributed by atoms with Gasteiger partial charge in [-0.05, 0) is 42.3 Å². The second kappa shape index (κ2) is 6.81. The molecule has 2 heterocycles. The van der Waals surface area contributed by atoms with Gasteiger partial charge in [0, 0.05) is 37.1 Å². The first kappa shape index (κ1) is 16.0. The lowest BCUT2D eigenvalue weighted by atomic mass is 10.0. The van der Waals surface area contributed by atoms with Crippen molar-refractivity contribution in [2.75, 3.05) is 6.54 Å². The normalized spacial score (nSPS) is 17.9. The van der Waals surface area contributed by atoms with Gasteiger partial charge >= 0.3 is 0 Å². The van der Waals surface area contributed by atoms with Crippen molar-refractivity contribution in [3.63, 3.8) is 0 Å². The van der Waals surface area contributed by atoms with Crippen LogP contribution in [0.25, 0.3) is 0 Å². The van der Waals surface area contributed by atoms with Crippen molar-refractivity contribution in [3.8, 4) is 0 Å². The fourth-order valence-electron chi connectivity index (χ4n) is 3.69. The van der Waals surface area contributed by atoms with Crippen LogP contribution in [0, 0.1) is 11.6 Å². The van der Waals surface area contributed by atoms with Crippen LogP contribution in [0.15, 0.2) is 66.9 Å². The predicted octanol–water partition coefficient (Wildman–Crippen LogP) is 4.76. The summed E-state index contributed by atoms with van der Waals surface area (Å²) in [6.45, 7) is 2.44. The molecule has 0 saturated carbocycles. The number of aryl methyl sites for hydroxylation is 1. The van der Waals surface area contributed by atoms with Crippen LogP contribution in [-0.4, -0.2) is 16.0 Å². The summed E-state index contributed by atoms with van der Waals surface area (Å²) in [5.41, 5.74) is 2.82. The minimum atomic E-state index is -0.237. The Balaban J connectivity index is 1.75. The van der Waals surface area contributed by atoms with Gasteiger partial charge in [0.2, 0.25) is 0 Å². The van der Waals surface area contributed by atoms with Gasteiger partial charge in [-0.2, -0.15) is 0 Å². The minimum absolute atomic E-state index is 0.149. The zero-order valence-electron chi connectivity index (χ0n) is 13.9. The third kappa shape index (κ3) is 3.22. The third-order valence-electron chi connectivity index (χ3n) is 4.85. The summed E-state index contributed by atoms with van der Waals surface area (Å²) in [6.07, 6.45) is 3.05. The van der Waals surface area contributed by atoms with Gasteiger partial charge in [0.05, 0.1) is 6.04 Å². The molecule has 1 aromatic heterocycles. The number of benzene rings is 2. The van der Waals surface area contributed by atoms with E-state index in [1.54, 1.807) is 18.2 Å². The molecule has 1 atom stereocenters. The Morgan fingerprint density at radius 3 is 2.48 bits per heavy atom. The second-order valence-electron chi connectivity index (χ2n) is 6.50. The van der Waals surface area contributed by atoms with Gasteiger partial charge in [-0.1, -0.05) is 30.3 Å². The van der Waals surface area contributed by atoms with Crippen molar-refractivity contribution >= 4 is 0 Å². The molecule has 2 aromatic carbocycles. The quantitative estimate of drug-likeness (QED) is 0.668. The lowest BCUT2D eigenvalue weighted by Gasteiger charge is -2.31. The molecule has 0 radical (unpaired) electrons. The maximum absolute atomic E-state index is 14.6.